The van der Waals surface area contributed by atoms with E-state index < -0.39 is 55.8 Å². The van der Waals surface area contributed by atoms with Crippen LogP contribution < -0.4 is 16.6 Å². The van der Waals surface area contributed by atoms with Gasteiger partial charge in [-0.3, -0.25) is 28.2 Å². The molecular formula is C15H19N6O10PS. The van der Waals surface area contributed by atoms with Gasteiger partial charge in [-0.2, -0.15) is 4.98 Å². The fourth-order valence-corrected chi connectivity index (χ4v) is 5.43. The minimum absolute atomic E-state index is 0.0148. The van der Waals surface area contributed by atoms with Crippen LogP contribution in [-0.2, 0) is 27.9 Å². The zero-order chi connectivity index (χ0) is 24.1. The third kappa shape index (κ3) is 4.61. The van der Waals surface area contributed by atoms with Gasteiger partial charge in [-0.25, -0.2) is 14.3 Å². The SMILES string of the molecule is CC(=O)N[C@@H](CSc1nc2c(=O)[nH]c(N)nc2n1[C@@H]1O[C@@H]2COP(=O)(O)O[C@H]2[C@H]1O)C(=O)O. The number of aliphatic carboxylic acids is 1. The average Bonchev–Trinajstić information content (AvgIpc) is 3.21. The third-order valence-electron chi connectivity index (χ3n) is 4.81. The van der Waals surface area contributed by atoms with Gasteiger partial charge in [-0.05, 0) is 0 Å². The second-order valence-electron chi connectivity index (χ2n) is 7.18. The molecule has 0 aromatic carbocycles. The Balaban J connectivity index is 1.73. The van der Waals surface area contributed by atoms with Crippen molar-refractivity contribution in [2.75, 3.05) is 18.1 Å². The van der Waals surface area contributed by atoms with Gasteiger partial charge in [0, 0.05) is 12.7 Å². The Kier molecular flexibility index (Phi) is 6.21. The van der Waals surface area contributed by atoms with Crippen LogP contribution >= 0.6 is 19.6 Å². The van der Waals surface area contributed by atoms with E-state index >= 15 is 0 Å². The summed E-state index contributed by atoms with van der Waals surface area (Å²) in [6, 6.07) is -1.29. The smallest absolute Gasteiger partial charge is 0.472 e. The summed E-state index contributed by atoms with van der Waals surface area (Å²) in [5.74, 6) is -2.32. The maximum absolute atomic E-state index is 12.4. The van der Waals surface area contributed by atoms with Gasteiger partial charge >= 0.3 is 13.8 Å². The van der Waals surface area contributed by atoms with Crippen molar-refractivity contribution in [3.05, 3.63) is 10.4 Å². The maximum atomic E-state index is 12.4. The topological polar surface area (TPSA) is 241 Å². The van der Waals surface area contributed by atoms with E-state index in [1.165, 1.54) is 4.57 Å². The Bertz CT molecular complexity index is 1220. The quantitative estimate of drug-likeness (QED) is 0.186. The molecule has 0 radical (unpaired) electrons. The molecular weight excluding hydrogens is 487 g/mol. The number of ether oxygens (including phenoxy) is 1. The number of aliphatic hydroxyl groups is 1. The molecule has 2 aliphatic rings. The molecule has 16 nitrogen and oxygen atoms in total. The number of anilines is 1. The van der Waals surface area contributed by atoms with Crippen molar-refractivity contribution in [2.45, 2.75) is 42.7 Å². The predicted molar refractivity (Wildman–Crippen MR) is 109 cm³/mol. The molecule has 1 unspecified atom stereocenters. The highest BCUT2D eigenvalue weighted by atomic mass is 32.2. The number of fused-ring (bicyclic) bond motifs is 2. The Morgan fingerprint density at radius 3 is 2.85 bits per heavy atom. The summed E-state index contributed by atoms with van der Waals surface area (Å²) < 4.78 is 28.4. The van der Waals surface area contributed by atoms with Crippen molar-refractivity contribution >= 4 is 48.6 Å². The Morgan fingerprint density at radius 2 is 2.18 bits per heavy atom. The first-order chi connectivity index (χ1) is 15.5. The molecule has 0 spiro atoms. The van der Waals surface area contributed by atoms with Crippen LogP contribution in [0.4, 0.5) is 5.95 Å². The number of carbonyl (C=O) groups is 2. The number of carbonyl (C=O) groups excluding carboxylic acids is 1. The Hall–Kier alpha value is -2.53. The highest BCUT2D eigenvalue weighted by molar-refractivity contribution is 7.99. The number of H-pyrrole nitrogens is 1. The number of thioether (sulfide) groups is 1. The van der Waals surface area contributed by atoms with Crippen LogP contribution in [0.1, 0.15) is 13.2 Å². The van der Waals surface area contributed by atoms with Crippen LogP contribution in [0.5, 0.6) is 0 Å². The van der Waals surface area contributed by atoms with E-state index in [4.69, 9.17) is 19.5 Å². The number of nitrogens with one attached hydrogen (secondary N) is 2. The zero-order valence-electron chi connectivity index (χ0n) is 16.8. The molecule has 4 heterocycles. The molecule has 6 atom stereocenters. The number of nitrogens with two attached hydrogens (primary N) is 1. The summed E-state index contributed by atoms with van der Waals surface area (Å²) in [6.07, 6.45) is -4.98. The number of carboxylic acid groups (broad SMARTS) is 1. The van der Waals surface area contributed by atoms with Crippen molar-refractivity contribution in [3.63, 3.8) is 0 Å². The molecule has 33 heavy (non-hydrogen) atoms. The number of amides is 1. The second kappa shape index (κ2) is 8.68. The fraction of sp³-hybridized carbons (Fsp3) is 0.533. The molecule has 0 aliphatic carbocycles. The summed E-state index contributed by atoms with van der Waals surface area (Å²) in [4.78, 5) is 55.2. The van der Waals surface area contributed by atoms with Crippen molar-refractivity contribution < 1.29 is 43.0 Å². The molecule has 4 rings (SSSR count). The Morgan fingerprint density at radius 1 is 1.45 bits per heavy atom. The number of phosphoric acid groups is 1. The normalized spacial score (nSPS) is 30.2. The van der Waals surface area contributed by atoms with E-state index in [1.54, 1.807) is 0 Å². The number of aromatic amines is 1. The second-order valence-corrected chi connectivity index (χ2v) is 9.57. The van der Waals surface area contributed by atoms with Gasteiger partial charge in [0.15, 0.2) is 22.5 Å². The van der Waals surface area contributed by atoms with Gasteiger partial charge in [0.1, 0.15) is 24.4 Å². The van der Waals surface area contributed by atoms with Crippen molar-refractivity contribution in [1.29, 1.82) is 0 Å². The number of hydrogen-bond donors (Lipinski definition) is 6. The number of imidazole rings is 1. The average molecular weight is 506 g/mol. The van der Waals surface area contributed by atoms with Gasteiger partial charge in [0.05, 0.1) is 6.61 Å². The number of nitrogen functional groups attached to an aromatic ring is 1. The predicted octanol–water partition coefficient (Wildman–Crippen LogP) is -1.84. The lowest BCUT2D eigenvalue weighted by molar-refractivity contribution is -0.140. The van der Waals surface area contributed by atoms with Crippen molar-refractivity contribution in [1.82, 2.24) is 24.8 Å². The lowest BCUT2D eigenvalue weighted by Gasteiger charge is -2.27. The fourth-order valence-electron chi connectivity index (χ4n) is 3.44. The van der Waals surface area contributed by atoms with Gasteiger partial charge < -0.3 is 30.9 Å². The first kappa shape index (κ1) is 23.6. The first-order valence-electron chi connectivity index (χ1n) is 9.36. The van der Waals surface area contributed by atoms with E-state index in [-0.39, 0.29) is 34.6 Å². The minimum atomic E-state index is -4.39. The van der Waals surface area contributed by atoms with Crippen molar-refractivity contribution in [3.8, 4) is 0 Å². The summed E-state index contributed by atoms with van der Waals surface area (Å²) in [7, 11) is -4.39. The van der Waals surface area contributed by atoms with Crippen LogP contribution in [0.2, 0.25) is 0 Å². The Labute approximate surface area is 188 Å². The molecule has 7 N–H and O–H groups in total. The van der Waals surface area contributed by atoms with Gasteiger partial charge in [-0.15, -0.1) is 0 Å². The summed E-state index contributed by atoms with van der Waals surface area (Å²) in [6.45, 7) is 0.815. The van der Waals surface area contributed by atoms with E-state index in [0.717, 1.165) is 18.7 Å². The summed E-state index contributed by atoms with van der Waals surface area (Å²) in [5, 5.41) is 22.4. The molecule has 2 aromatic heterocycles. The van der Waals surface area contributed by atoms with Gasteiger partial charge in [0.25, 0.3) is 5.56 Å². The molecule has 2 saturated heterocycles. The number of hydrogen-bond acceptors (Lipinski definition) is 12. The van der Waals surface area contributed by atoms with E-state index in [0.29, 0.717) is 0 Å². The number of nitrogens with zero attached hydrogens (tertiary/aromatic N) is 3. The molecule has 0 bridgehead atoms. The van der Waals surface area contributed by atoms with E-state index in [2.05, 4.69) is 20.3 Å². The van der Waals surface area contributed by atoms with Crippen LogP contribution in [0.3, 0.4) is 0 Å². The molecule has 180 valence electrons. The monoisotopic (exact) mass is 506 g/mol. The largest absolute Gasteiger partial charge is 0.480 e. The first-order valence-corrected chi connectivity index (χ1v) is 11.8. The lowest BCUT2D eigenvalue weighted by Crippen LogP contribution is -2.41. The lowest BCUT2D eigenvalue weighted by atomic mass is 10.1. The van der Waals surface area contributed by atoms with Crippen LogP contribution in [-0.4, -0.2) is 83.2 Å². The summed E-state index contributed by atoms with van der Waals surface area (Å²) >= 11 is 0.843. The molecule has 18 heteroatoms. The highest BCUT2D eigenvalue weighted by Crippen LogP contribution is 2.52. The van der Waals surface area contributed by atoms with Crippen LogP contribution in [0.25, 0.3) is 11.2 Å². The van der Waals surface area contributed by atoms with Crippen molar-refractivity contribution in [2.24, 2.45) is 0 Å². The molecule has 2 aromatic rings. The molecule has 0 saturated carbocycles. The number of rotatable bonds is 6. The summed E-state index contributed by atoms with van der Waals surface area (Å²) in [5.41, 5.74) is 4.70. The number of carboxylic acids is 1. The van der Waals surface area contributed by atoms with Gasteiger partial charge in [0.2, 0.25) is 11.9 Å². The molecule has 2 fully saturated rings. The highest BCUT2D eigenvalue weighted by Gasteiger charge is 2.53. The number of aromatic nitrogens is 4. The third-order valence-corrected chi connectivity index (χ3v) is 6.84. The number of phosphoric ester groups is 1. The van der Waals surface area contributed by atoms with E-state index in [1.807, 2.05) is 0 Å². The maximum Gasteiger partial charge on any atom is 0.472 e. The number of aliphatic hydroxyl groups excluding tert-OH is 1. The zero-order valence-corrected chi connectivity index (χ0v) is 18.5. The minimum Gasteiger partial charge on any atom is -0.480 e. The van der Waals surface area contributed by atoms with Crippen LogP contribution in [0, 0.1) is 0 Å². The standard InChI is InChI=1S/C15H19N6O10PS/c1-4(22)17-5(13(25)26)3-33-15-18-7-10(19-14(16)20-11(7)24)21(15)12-8(23)9-6(30-12)2-29-32(27,28)31-9/h5-6,8-9,12,23H,2-3H2,1H3,(H,17,22)(H,25,26)(H,27,28)(H3,16,19,20,24)/t5-,6+,8+,9+,12+/m0/s1. The molecule has 2 aliphatic heterocycles. The molecule has 1 amide bonds. The van der Waals surface area contributed by atoms with E-state index in [9.17, 15) is 34.1 Å². The van der Waals surface area contributed by atoms with Crippen LogP contribution in [0.15, 0.2) is 9.95 Å². The van der Waals surface area contributed by atoms with Gasteiger partial charge in [-0.1, -0.05) is 11.8 Å².